The number of hydrazine groups is 1. The van der Waals surface area contributed by atoms with E-state index in [4.69, 9.17) is 31.9 Å². The smallest absolute Gasteiger partial charge is 0.335 e. The summed E-state index contributed by atoms with van der Waals surface area (Å²) in [6.45, 7) is 5.06. The Hall–Kier alpha value is -1.02. The Bertz CT molecular complexity index is 546. The van der Waals surface area contributed by atoms with E-state index in [1.54, 1.807) is 6.92 Å². The summed E-state index contributed by atoms with van der Waals surface area (Å²) in [5.41, 5.74) is 9.34. The average molecular weight is 425 g/mol. The molecule has 10 nitrogen and oxygen atoms in total. The number of hydrogen-bond donors (Lipinski definition) is 5. The zero-order valence-corrected chi connectivity index (χ0v) is 16.7. The van der Waals surface area contributed by atoms with E-state index < -0.39 is 11.6 Å². The molecule has 2 aliphatic heterocycles. The zero-order valence-electron chi connectivity index (χ0n) is 15.1. The summed E-state index contributed by atoms with van der Waals surface area (Å²) < 4.78 is 10.6. The van der Waals surface area contributed by atoms with Crippen LogP contribution in [0, 0.1) is 0 Å². The minimum absolute atomic E-state index is 0. The molecule has 158 valence electrons. The maximum atomic E-state index is 10.4. The Labute approximate surface area is 168 Å². The monoisotopic (exact) mass is 424 g/mol. The van der Waals surface area contributed by atoms with Crippen molar-refractivity contribution in [3.05, 3.63) is 5.01 Å². The van der Waals surface area contributed by atoms with E-state index in [0.29, 0.717) is 24.0 Å². The van der Waals surface area contributed by atoms with E-state index in [2.05, 4.69) is 15.0 Å². The van der Waals surface area contributed by atoms with Crippen LogP contribution in [-0.2, 0) is 19.9 Å². The zero-order chi connectivity index (χ0) is 19.6. The van der Waals surface area contributed by atoms with Crippen LogP contribution in [-0.4, -0.2) is 46.0 Å². The highest BCUT2D eigenvalue weighted by atomic mass is 32.2. The summed E-state index contributed by atoms with van der Waals surface area (Å²) in [6.07, 6.45) is 3.61. The molecule has 0 radical (unpaired) electrons. The van der Waals surface area contributed by atoms with E-state index in [1.807, 2.05) is 6.92 Å². The molecule has 0 aromatic carbocycles. The van der Waals surface area contributed by atoms with Gasteiger partial charge in [-0.3, -0.25) is 5.84 Å². The van der Waals surface area contributed by atoms with E-state index in [-0.39, 0.29) is 13.0 Å². The predicted octanol–water partition coefficient (Wildman–Crippen LogP) is 1.44. The number of nitrogens with two attached hydrogens (primary N) is 3. The van der Waals surface area contributed by atoms with Crippen molar-refractivity contribution < 1.29 is 19.4 Å². The molecule has 3 heterocycles. The highest BCUT2D eigenvalue weighted by Gasteiger charge is 2.37. The second-order valence-electron chi connectivity index (χ2n) is 6.05. The summed E-state index contributed by atoms with van der Waals surface area (Å²) in [4.78, 5) is 12.7. The molecule has 0 saturated carbocycles. The Morgan fingerprint density at radius 3 is 2.22 bits per heavy atom. The lowest BCUT2D eigenvalue weighted by Crippen LogP contribution is -2.33. The number of aliphatic carboxylic acids is 1. The van der Waals surface area contributed by atoms with Crippen molar-refractivity contribution in [2.45, 2.75) is 58.2 Å². The SMILES string of the molecule is C.CC1(C(=O)O)CCCO1.CC1(c2nnc(N)s2)CCCO1.NCSNN. The Morgan fingerprint density at radius 1 is 1.30 bits per heavy atom. The fourth-order valence-corrected chi connectivity index (χ4v) is 3.23. The topological polar surface area (TPSA) is 172 Å². The first kappa shape index (κ1) is 26.0. The number of aromatic nitrogens is 2. The molecule has 0 spiro atoms. The molecule has 2 aliphatic rings. The molecular weight excluding hydrogens is 392 g/mol. The predicted molar refractivity (Wildman–Crippen MR) is 109 cm³/mol. The Kier molecular flexibility index (Phi) is 12.0. The van der Waals surface area contributed by atoms with Gasteiger partial charge in [-0.2, -0.15) is 0 Å². The normalized spacial score (nSPS) is 26.2. The van der Waals surface area contributed by atoms with Gasteiger partial charge in [-0.1, -0.05) is 30.7 Å². The summed E-state index contributed by atoms with van der Waals surface area (Å²) in [7, 11) is 0. The molecule has 2 fully saturated rings. The Morgan fingerprint density at radius 2 is 1.93 bits per heavy atom. The molecule has 8 N–H and O–H groups in total. The summed E-state index contributed by atoms with van der Waals surface area (Å²) >= 11 is 2.68. The van der Waals surface area contributed by atoms with Gasteiger partial charge >= 0.3 is 5.97 Å². The number of ether oxygens (including phenoxy) is 2. The average Bonchev–Trinajstić information content (AvgIpc) is 3.32. The Balaban J connectivity index is 0.000000403. The number of nitrogen functional groups attached to an aromatic ring is 1. The molecule has 2 atom stereocenters. The third kappa shape index (κ3) is 8.25. The number of nitrogens with zero attached hydrogens (tertiary/aromatic N) is 2. The van der Waals surface area contributed by atoms with Crippen LogP contribution in [0.25, 0.3) is 0 Å². The second-order valence-corrected chi connectivity index (χ2v) is 7.91. The van der Waals surface area contributed by atoms with E-state index in [1.165, 1.54) is 23.3 Å². The van der Waals surface area contributed by atoms with Crippen LogP contribution in [0.4, 0.5) is 5.13 Å². The molecule has 0 bridgehead atoms. The fraction of sp³-hybridized carbons (Fsp3) is 0.800. The standard InChI is InChI=1S/C7H11N3OS.C6H10O3.CH7N3S.CH4/c1-7(3-2-4-11-7)5-9-10-6(8)12-5;1-6(5(7)8)3-2-4-9-6;2-1-5-4-3;/h2-4H2,1H3,(H2,8,10);2-4H2,1H3,(H,7,8);4H,1-3H2;1H4. The second kappa shape index (κ2) is 12.4. The number of carboxylic acid groups (broad SMARTS) is 1. The number of rotatable bonds is 4. The lowest BCUT2D eigenvalue weighted by Gasteiger charge is -2.18. The van der Waals surface area contributed by atoms with Gasteiger partial charge in [0.05, 0.1) is 5.88 Å². The number of carbonyl (C=O) groups is 1. The summed E-state index contributed by atoms with van der Waals surface area (Å²) in [6, 6.07) is 0. The largest absolute Gasteiger partial charge is 0.479 e. The lowest BCUT2D eigenvalue weighted by molar-refractivity contribution is -0.157. The van der Waals surface area contributed by atoms with Crippen molar-refractivity contribution in [2.75, 3.05) is 24.8 Å². The molecule has 27 heavy (non-hydrogen) atoms. The maximum Gasteiger partial charge on any atom is 0.335 e. The van der Waals surface area contributed by atoms with Gasteiger partial charge in [-0.15, -0.1) is 10.2 Å². The van der Waals surface area contributed by atoms with Crippen molar-refractivity contribution in [1.29, 1.82) is 0 Å². The molecule has 12 heteroatoms. The van der Waals surface area contributed by atoms with Crippen molar-refractivity contribution >= 4 is 34.4 Å². The molecule has 3 rings (SSSR count). The van der Waals surface area contributed by atoms with Crippen LogP contribution < -0.4 is 22.1 Å². The summed E-state index contributed by atoms with van der Waals surface area (Å²) in [5.74, 6) is 4.45. The van der Waals surface area contributed by atoms with Crippen molar-refractivity contribution in [3.63, 3.8) is 0 Å². The first-order valence-electron chi connectivity index (χ1n) is 8.15. The maximum absolute atomic E-state index is 10.4. The third-order valence-corrected chi connectivity index (χ3v) is 5.28. The fourth-order valence-electron chi connectivity index (χ4n) is 2.39. The van der Waals surface area contributed by atoms with E-state index >= 15 is 0 Å². The molecule has 1 aromatic rings. The van der Waals surface area contributed by atoms with Gasteiger partial charge in [-0.05, 0) is 39.5 Å². The van der Waals surface area contributed by atoms with Gasteiger partial charge in [0, 0.05) is 13.2 Å². The third-order valence-electron chi connectivity index (χ3n) is 3.95. The highest BCUT2D eigenvalue weighted by molar-refractivity contribution is 7.97. The van der Waals surface area contributed by atoms with Gasteiger partial charge in [0.25, 0.3) is 0 Å². The number of nitrogens with one attached hydrogen (secondary N) is 1. The van der Waals surface area contributed by atoms with Crippen LogP contribution in [0.3, 0.4) is 0 Å². The molecule has 2 unspecified atom stereocenters. The minimum Gasteiger partial charge on any atom is -0.479 e. The number of anilines is 1. The number of carboxylic acids is 1. The van der Waals surface area contributed by atoms with Gasteiger partial charge in [0.2, 0.25) is 5.13 Å². The highest BCUT2D eigenvalue weighted by Crippen LogP contribution is 2.37. The van der Waals surface area contributed by atoms with E-state index in [9.17, 15) is 4.79 Å². The first-order chi connectivity index (χ1) is 12.3. The molecule has 0 amide bonds. The lowest BCUT2D eigenvalue weighted by atomic mass is 10.0. The van der Waals surface area contributed by atoms with Gasteiger partial charge in [0.1, 0.15) is 5.60 Å². The quantitative estimate of drug-likeness (QED) is 0.205. The van der Waals surface area contributed by atoms with Gasteiger partial charge in [-0.25, -0.2) is 9.63 Å². The number of hydrogen-bond acceptors (Lipinski definition) is 11. The van der Waals surface area contributed by atoms with E-state index in [0.717, 1.165) is 30.9 Å². The van der Waals surface area contributed by atoms with Crippen LogP contribution in [0.2, 0.25) is 0 Å². The summed E-state index contributed by atoms with van der Waals surface area (Å²) in [5, 5.41) is 17.7. The van der Waals surface area contributed by atoms with Crippen LogP contribution in [0.5, 0.6) is 0 Å². The van der Waals surface area contributed by atoms with Gasteiger partial charge in [0.15, 0.2) is 10.6 Å². The van der Waals surface area contributed by atoms with Crippen molar-refractivity contribution in [1.82, 2.24) is 15.0 Å². The first-order valence-corrected chi connectivity index (χ1v) is 9.96. The minimum atomic E-state index is -0.889. The van der Waals surface area contributed by atoms with Crippen LogP contribution in [0.1, 0.15) is 52.0 Å². The molecular formula is C15H32N6O4S2. The van der Waals surface area contributed by atoms with Crippen molar-refractivity contribution in [3.8, 4) is 0 Å². The molecule has 1 aromatic heterocycles. The van der Waals surface area contributed by atoms with Crippen molar-refractivity contribution in [2.24, 2.45) is 11.6 Å². The van der Waals surface area contributed by atoms with Crippen LogP contribution >= 0.6 is 23.3 Å². The molecule has 2 saturated heterocycles. The van der Waals surface area contributed by atoms with Crippen LogP contribution in [0.15, 0.2) is 0 Å². The molecule has 0 aliphatic carbocycles. The van der Waals surface area contributed by atoms with Gasteiger partial charge < -0.3 is 26.0 Å².